The second kappa shape index (κ2) is 11.2. The van der Waals surface area contributed by atoms with Crippen LogP contribution in [0.3, 0.4) is 0 Å². The summed E-state index contributed by atoms with van der Waals surface area (Å²) in [5, 5.41) is 5.42. The van der Waals surface area contributed by atoms with E-state index in [0.29, 0.717) is 24.7 Å². The highest BCUT2D eigenvalue weighted by atomic mass is 32.2. The van der Waals surface area contributed by atoms with Gasteiger partial charge >= 0.3 is 5.97 Å². The number of amides is 1. The lowest BCUT2D eigenvalue weighted by Crippen LogP contribution is -2.30. The lowest BCUT2D eigenvalue weighted by Gasteiger charge is -2.18. The zero-order valence-corrected chi connectivity index (χ0v) is 17.7. The molecule has 0 aliphatic heterocycles. The molecule has 162 valence electrons. The SMILES string of the molecule is CCN(CC)S(=O)(=O)c1ccc(NC(=O)COC(=O)CCNc2ncccn2)cc1. The summed E-state index contributed by atoms with van der Waals surface area (Å²) in [5.41, 5.74) is 0.400. The van der Waals surface area contributed by atoms with Crippen molar-refractivity contribution in [2.45, 2.75) is 25.2 Å². The van der Waals surface area contributed by atoms with Gasteiger partial charge in [-0.2, -0.15) is 4.31 Å². The molecule has 0 unspecified atom stereocenters. The number of nitrogens with zero attached hydrogens (tertiary/aromatic N) is 3. The lowest BCUT2D eigenvalue weighted by molar-refractivity contribution is -0.147. The molecule has 0 radical (unpaired) electrons. The van der Waals surface area contributed by atoms with Crippen molar-refractivity contribution in [2.24, 2.45) is 0 Å². The smallest absolute Gasteiger partial charge is 0.308 e. The van der Waals surface area contributed by atoms with Gasteiger partial charge in [-0.15, -0.1) is 0 Å². The Kier molecular flexibility index (Phi) is 8.69. The van der Waals surface area contributed by atoms with Crippen LogP contribution in [0.2, 0.25) is 0 Å². The molecular formula is C19H25N5O5S. The highest BCUT2D eigenvalue weighted by Gasteiger charge is 2.21. The zero-order valence-electron chi connectivity index (χ0n) is 16.9. The predicted molar refractivity (Wildman–Crippen MR) is 111 cm³/mol. The highest BCUT2D eigenvalue weighted by Crippen LogP contribution is 2.18. The second-order valence-electron chi connectivity index (χ2n) is 6.07. The number of esters is 1. The quantitative estimate of drug-likeness (QED) is 0.508. The van der Waals surface area contributed by atoms with Gasteiger partial charge in [0.25, 0.3) is 5.91 Å². The van der Waals surface area contributed by atoms with Crippen LogP contribution in [0.1, 0.15) is 20.3 Å². The molecule has 2 N–H and O–H groups in total. The number of aromatic nitrogens is 2. The third-order valence-corrected chi connectivity index (χ3v) is 6.09. The van der Waals surface area contributed by atoms with E-state index in [0.717, 1.165) is 0 Å². The number of anilines is 2. The molecular weight excluding hydrogens is 410 g/mol. The zero-order chi connectivity index (χ0) is 22.0. The van der Waals surface area contributed by atoms with Gasteiger partial charge in [0.2, 0.25) is 16.0 Å². The largest absolute Gasteiger partial charge is 0.456 e. The van der Waals surface area contributed by atoms with Crippen LogP contribution < -0.4 is 10.6 Å². The summed E-state index contributed by atoms with van der Waals surface area (Å²) in [5.74, 6) is -0.675. The lowest BCUT2D eigenvalue weighted by atomic mass is 10.3. The Morgan fingerprint density at radius 1 is 1.07 bits per heavy atom. The van der Waals surface area contributed by atoms with Gasteiger partial charge in [0.15, 0.2) is 6.61 Å². The van der Waals surface area contributed by atoms with Crippen LogP contribution >= 0.6 is 0 Å². The van der Waals surface area contributed by atoms with Crippen LogP contribution in [0.25, 0.3) is 0 Å². The highest BCUT2D eigenvalue weighted by molar-refractivity contribution is 7.89. The molecule has 0 atom stereocenters. The molecule has 30 heavy (non-hydrogen) atoms. The summed E-state index contributed by atoms with van der Waals surface area (Å²) in [6.07, 6.45) is 3.19. The summed E-state index contributed by atoms with van der Waals surface area (Å²) in [4.78, 5) is 31.7. The van der Waals surface area contributed by atoms with Gasteiger partial charge in [-0.3, -0.25) is 9.59 Å². The average molecular weight is 436 g/mol. The molecule has 0 bridgehead atoms. The number of carbonyl (C=O) groups excluding carboxylic acids is 2. The van der Waals surface area contributed by atoms with Crippen LogP contribution in [0, 0.1) is 0 Å². The maximum absolute atomic E-state index is 12.5. The molecule has 0 saturated carbocycles. The molecule has 0 spiro atoms. The normalized spacial score (nSPS) is 11.2. The van der Waals surface area contributed by atoms with Crippen LogP contribution in [-0.4, -0.2) is 60.8 Å². The van der Waals surface area contributed by atoms with Gasteiger partial charge in [0.05, 0.1) is 11.3 Å². The Labute approximate surface area is 175 Å². The molecule has 0 saturated heterocycles. The molecule has 1 heterocycles. The Morgan fingerprint density at radius 3 is 2.30 bits per heavy atom. The minimum Gasteiger partial charge on any atom is -0.456 e. The van der Waals surface area contributed by atoms with Gasteiger partial charge in [-0.1, -0.05) is 13.8 Å². The van der Waals surface area contributed by atoms with Crippen LogP contribution in [0.5, 0.6) is 0 Å². The minimum absolute atomic E-state index is 0.0451. The van der Waals surface area contributed by atoms with Crippen molar-refractivity contribution in [1.29, 1.82) is 0 Å². The van der Waals surface area contributed by atoms with Gasteiger partial charge < -0.3 is 15.4 Å². The van der Waals surface area contributed by atoms with Crippen molar-refractivity contribution in [3.63, 3.8) is 0 Å². The van der Waals surface area contributed by atoms with E-state index in [2.05, 4.69) is 20.6 Å². The minimum atomic E-state index is -3.56. The molecule has 11 heteroatoms. The fourth-order valence-electron chi connectivity index (χ4n) is 2.50. The Hall–Kier alpha value is -3.05. The fraction of sp³-hybridized carbons (Fsp3) is 0.368. The molecule has 0 aliphatic carbocycles. The number of sulfonamides is 1. The van der Waals surface area contributed by atoms with E-state index in [-0.39, 0.29) is 17.9 Å². The maximum Gasteiger partial charge on any atom is 0.308 e. The number of ether oxygens (including phenoxy) is 1. The summed E-state index contributed by atoms with van der Waals surface area (Å²) >= 11 is 0. The number of nitrogens with one attached hydrogen (secondary N) is 2. The van der Waals surface area contributed by atoms with Gasteiger partial charge in [0.1, 0.15) is 0 Å². The van der Waals surface area contributed by atoms with Gasteiger partial charge in [-0.05, 0) is 30.3 Å². The topological polar surface area (TPSA) is 131 Å². The molecule has 2 aromatic rings. The summed E-state index contributed by atoms with van der Waals surface area (Å²) in [6, 6.07) is 7.49. The molecule has 0 aliphatic rings. The fourth-order valence-corrected chi connectivity index (χ4v) is 3.96. The van der Waals surface area contributed by atoms with Gasteiger partial charge in [-0.25, -0.2) is 18.4 Å². The predicted octanol–water partition coefficient (Wildman–Crippen LogP) is 1.49. The van der Waals surface area contributed by atoms with Crippen molar-refractivity contribution < 1.29 is 22.7 Å². The molecule has 1 aromatic heterocycles. The van der Waals surface area contributed by atoms with E-state index in [1.165, 1.54) is 28.6 Å². The Morgan fingerprint density at radius 2 is 1.70 bits per heavy atom. The standard InChI is InChI=1S/C19H25N5O5S/c1-3-24(4-2)30(27,28)16-8-6-15(7-9-16)23-17(25)14-29-18(26)10-13-22-19-20-11-5-12-21-19/h5-9,11-12H,3-4,10,13-14H2,1-2H3,(H,23,25)(H,20,21,22). The first kappa shape index (κ1) is 23.2. The summed E-state index contributed by atoms with van der Waals surface area (Å²) in [7, 11) is -3.56. The van der Waals surface area contributed by atoms with E-state index >= 15 is 0 Å². The van der Waals surface area contributed by atoms with Crippen molar-refractivity contribution in [3.8, 4) is 0 Å². The Balaban J connectivity index is 1.77. The molecule has 2 rings (SSSR count). The van der Waals surface area contributed by atoms with Crippen molar-refractivity contribution in [1.82, 2.24) is 14.3 Å². The first-order valence-corrected chi connectivity index (χ1v) is 10.9. The summed E-state index contributed by atoms with van der Waals surface area (Å²) < 4.78 is 31.2. The van der Waals surface area contributed by atoms with E-state index in [9.17, 15) is 18.0 Å². The maximum atomic E-state index is 12.5. The van der Waals surface area contributed by atoms with Crippen LogP contribution in [-0.2, 0) is 24.3 Å². The van der Waals surface area contributed by atoms with E-state index in [1.807, 2.05) is 0 Å². The van der Waals surface area contributed by atoms with E-state index in [1.54, 1.807) is 32.3 Å². The van der Waals surface area contributed by atoms with Crippen molar-refractivity contribution in [3.05, 3.63) is 42.7 Å². The van der Waals surface area contributed by atoms with Crippen LogP contribution in [0.4, 0.5) is 11.6 Å². The Bertz CT molecular complexity index is 932. The van der Waals surface area contributed by atoms with Crippen molar-refractivity contribution in [2.75, 3.05) is 36.9 Å². The molecule has 0 fully saturated rings. The molecule has 1 aromatic carbocycles. The summed E-state index contributed by atoms with van der Waals surface area (Å²) in [6.45, 7) is 4.10. The average Bonchev–Trinajstić information content (AvgIpc) is 2.74. The van der Waals surface area contributed by atoms with Crippen LogP contribution in [0.15, 0.2) is 47.6 Å². The third kappa shape index (κ3) is 6.78. The number of benzene rings is 1. The number of hydrogen-bond acceptors (Lipinski definition) is 8. The number of carbonyl (C=O) groups is 2. The first-order valence-electron chi connectivity index (χ1n) is 9.43. The first-order chi connectivity index (χ1) is 14.4. The monoisotopic (exact) mass is 435 g/mol. The van der Waals surface area contributed by atoms with E-state index in [4.69, 9.17) is 4.74 Å². The van der Waals surface area contributed by atoms with Gasteiger partial charge in [0, 0.05) is 37.7 Å². The van der Waals surface area contributed by atoms with Crippen molar-refractivity contribution >= 4 is 33.5 Å². The third-order valence-electron chi connectivity index (χ3n) is 4.02. The molecule has 1 amide bonds. The number of rotatable bonds is 11. The molecule has 10 nitrogen and oxygen atoms in total. The van der Waals surface area contributed by atoms with E-state index < -0.39 is 28.5 Å². The number of hydrogen-bond donors (Lipinski definition) is 2. The second-order valence-corrected chi connectivity index (χ2v) is 8.01.